The van der Waals surface area contributed by atoms with Gasteiger partial charge in [-0.05, 0) is 85.0 Å². The van der Waals surface area contributed by atoms with Gasteiger partial charge < -0.3 is 18.9 Å². The Morgan fingerprint density at radius 3 is 2.45 bits per heavy atom. The summed E-state index contributed by atoms with van der Waals surface area (Å²) in [6.07, 6.45) is 2.87. The maximum atomic E-state index is 12.3. The van der Waals surface area contributed by atoms with Crippen molar-refractivity contribution in [1.29, 1.82) is 0 Å². The highest BCUT2D eigenvalue weighted by Crippen LogP contribution is 2.29. The number of anilines is 1. The van der Waals surface area contributed by atoms with Crippen LogP contribution in [0.5, 0.6) is 5.75 Å². The topological polar surface area (TPSA) is 89.5 Å². The van der Waals surface area contributed by atoms with Gasteiger partial charge in [-0.25, -0.2) is 4.98 Å². The number of nitrogens with zero attached hydrogens (tertiary/aromatic N) is 1. The second-order valence-electron chi connectivity index (χ2n) is 8.07. The average molecular weight is 564 g/mol. The lowest BCUT2D eigenvalue weighted by Gasteiger charge is -2.08. The second kappa shape index (κ2) is 11.1. The van der Waals surface area contributed by atoms with Gasteiger partial charge in [0.15, 0.2) is 10.7 Å². The zero-order chi connectivity index (χ0) is 26.6. The molecule has 0 bridgehead atoms. The number of furan rings is 1. The fourth-order valence-corrected chi connectivity index (χ4v) is 4.37. The normalized spacial score (nSPS) is 11.1. The number of thiocarbonyl (C=S) groups is 1. The molecule has 38 heavy (non-hydrogen) atoms. The van der Waals surface area contributed by atoms with Crippen molar-refractivity contribution in [3.05, 3.63) is 94.7 Å². The summed E-state index contributed by atoms with van der Waals surface area (Å²) in [7, 11) is 1.60. The van der Waals surface area contributed by atoms with Crippen LogP contribution in [0.25, 0.3) is 40.0 Å². The molecule has 190 valence electrons. The summed E-state index contributed by atoms with van der Waals surface area (Å²) >= 11 is 17.4. The van der Waals surface area contributed by atoms with Crippen molar-refractivity contribution in [3.63, 3.8) is 0 Å². The smallest absolute Gasteiger partial charge is 0.250 e. The number of methoxy groups -OCH3 is 1. The number of benzene rings is 3. The summed E-state index contributed by atoms with van der Waals surface area (Å²) in [5, 5.41) is 6.73. The van der Waals surface area contributed by atoms with E-state index in [1.165, 1.54) is 12.2 Å². The number of carbonyl (C=O) groups excluding carboxylic acids is 1. The Hall–Kier alpha value is -4.11. The van der Waals surface area contributed by atoms with E-state index in [0.717, 1.165) is 11.1 Å². The number of rotatable bonds is 6. The summed E-state index contributed by atoms with van der Waals surface area (Å²) in [4.78, 5) is 16.8. The zero-order valence-electron chi connectivity index (χ0n) is 19.8. The molecule has 0 fully saturated rings. The molecule has 3 aromatic carbocycles. The van der Waals surface area contributed by atoms with Crippen molar-refractivity contribution < 1.29 is 18.4 Å². The van der Waals surface area contributed by atoms with Crippen LogP contribution in [0.2, 0.25) is 10.0 Å². The van der Waals surface area contributed by atoms with Crippen LogP contribution in [0.1, 0.15) is 5.76 Å². The predicted octanol–water partition coefficient (Wildman–Crippen LogP) is 7.60. The van der Waals surface area contributed by atoms with Crippen LogP contribution in [0.3, 0.4) is 0 Å². The standard InChI is InChI=1S/C28H19Cl2N3O4S/c1-35-22-7-10-25-23(15-22)32-27(37-25)16-2-4-20(5-3-16)31-28(38)33-26(34)11-8-21-6-9-24(36-21)17-12-18(29)14-19(30)13-17/h2-15H,1H3,(H2,31,33,34,38)/b11-8+. The molecule has 0 atom stereocenters. The molecule has 0 saturated carbocycles. The maximum Gasteiger partial charge on any atom is 0.250 e. The van der Waals surface area contributed by atoms with Crippen LogP contribution in [0, 0.1) is 0 Å². The van der Waals surface area contributed by atoms with E-state index in [4.69, 9.17) is 49.0 Å². The Balaban J connectivity index is 1.17. The number of hydrogen-bond donors (Lipinski definition) is 2. The molecule has 0 aliphatic carbocycles. The molecule has 10 heteroatoms. The van der Waals surface area contributed by atoms with Crippen LogP contribution in [0.4, 0.5) is 5.69 Å². The molecule has 0 unspecified atom stereocenters. The lowest BCUT2D eigenvalue weighted by Crippen LogP contribution is -2.32. The SMILES string of the molecule is COc1ccc2oc(-c3ccc(NC(=S)NC(=O)/C=C/c4ccc(-c5cc(Cl)cc(Cl)c5)o4)cc3)nc2c1. The molecule has 7 nitrogen and oxygen atoms in total. The van der Waals surface area contributed by atoms with E-state index in [1.54, 1.807) is 37.4 Å². The largest absolute Gasteiger partial charge is 0.497 e. The minimum Gasteiger partial charge on any atom is -0.497 e. The molecular weight excluding hydrogens is 545 g/mol. The predicted molar refractivity (Wildman–Crippen MR) is 154 cm³/mol. The van der Waals surface area contributed by atoms with Crippen molar-refractivity contribution >= 4 is 69.3 Å². The Morgan fingerprint density at radius 2 is 1.71 bits per heavy atom. The lowest BCUT2D eigenvalue weighted by atomic mass is 10.2. The zero-order valence-corrected chi connectivity index (χ0v) is 22.2. The Kier molecular flexibility index (Phi) is 7.46. The van der Waals surface area contributed by atoms with Crippen molar-refractivity contribution in [2.75, 3.05) is 12.4 Å². The fraction of sp³-hybridized carbons (Fsp3) is 0.0357. The van der Waals surface area contributed by atoms with Gasteiger partial charge in [0.25, 0.3) is 0 Å². The van der Waals surface area contributed by atoms with Crippen LogP contribution < -0.4 is 15.4 Å². The quantitative estimate of drug-likeness (QED) is 0.162. The summed E-state index contributed by atoms with van der Waals surface area (Å²) in [6.45, 7) is 0. The highest BCUT2D eigenvalue weighted by atomic mass is 35.5. The summed E-state index contributed by atoms with van der Waals surface area (Å²) < 4.78 is 16.8. The highest BCUT2D eigenvalue weighted by Gasteiger charge is 2.10. The van der Waals surface area contributed by atoms with Gasteiger partial charge in [0.05, 0.1) is 7.11 Å². The van der Waals surface area contributed by atoms with Crippen LogP contribution >= 0.6 is 35.4 Å². The number of aromatic nitrogens is 1. The third-order valence-electron chi connectivity index (χ3n) is 5.39. The lowest BCUT2D eigenvalue weighted by molar-refractivity contribution is -0.115. The van der Waals surface area contributed by atoms with Gasteiger partial charge >= 0.3 is 0 Å². The molecule has 5 rings (SSSR count). The third kappa shape index (κ3) is 6.06. The molecule has 2 heterocycles. The molecule has 2 aromatic heterocycles. The number of fused-ring (bicyclic) bond motifs is 1. The first kappa shape index (κ1) is 25.5. The van der Waals surface area contributed by atoms with E-state index < -0.39 is 5.91 Å². The number of nitrogens with one attached hydrogen (secondary N) is 2. The molecule has 1 amide bonds. The van der Waals surface area contributed by atoms with Gasteiger partial charge in [-0.15, -0.1) is 0 Å². The van der Waals surface area contributed by atoms with E-state index >= 15 is 0 Å². The minimum atomic E-state index is -0.412. The van der Waals surface area contributed by atoms with Crippen molar-refractivity contribution in [2.45, 2.75) is 0 Å². The minimum absolute atomic E-state index is 0.148. The van der Waals surface area contributed by atoms with Gasteiger partial charge in [-0.1, -0.05) is 23.2 Å². The second-order valence-corrected chi connectivity index (χ2v) is 9.35. The summed E-state index contributed by atoms with van der Waals surface area (Å²) in [5.74, 6) is 1.84. The first-order chi connectivity index (χ1) is 18.4. The average Bonchev–Trinajstić information content (AvgIpc) is 3.54. The molecule has 0 spiro atoms. The van der Waals surface area contributed by atoms with E-state index in [1.807, 2.05) is 42.5 Å². The number of halogens is 2. The van der Waals surface area contributed by atoms with Crippen LogP contribution in [-0.4, -0.2) is 23.1 Å². The van der Waals surface area contributed by atoms with Gasteiger partial charge in [0.1, 0.15) is 22.8 Å². The Bertz CT molecular complexity index is 1660. The Morgan fingerprint density at radius 1 is 0.947 bits per heavy atom. The fourth-order valence-electron chi connectivity index (χ4n) is 3.62. The molecule has 5 aromatic rings. The maximum absolute atomic E-state index is 12.3. The number of amides is 1. The van der Waals surface area contributed by atoms with Crippen LogP contribution in [-0.2, 0) is 4.79 Å². The summed E-state index contributed by atoms with van der Waals surface area (Å²) in [5.41, 5.74) is 3.59. The molecule has 0 aliphatic rings. The number of carbonyl (C=O) groups is 1. The summed E-state index contributed by atoms with van der Waals surface area (Å²) in [6, 6.07) is 21.4. The molecule has 0 radical (unpaired) electrons. The van der Waals surface area contributed by atoms with Gasteiger partial charge in [0, 0.05) is 39.0 Å². The first-order valence-corrected chi connectivity index (χ1v) is 12.4. The van der Waals surface area contributed by atoms with Crippen molar-refractivity contribution in [2.24, 2.45) is 0 Å². The molecule has 0 aliphatic heterocycles. The van der Waals surface area contributed by atoms with E-state index in [0.29, 0.717) is 50.0 Å². The monoisotopic (exact) mass is 563 g/mol. The molecule has 2 N–H and O–H groups in total. The third-order valence-corrected chi connectivity index (χ3v) is 6.03. The molecule has 0 saturated heterocycles. The number of oxazole rings is 1. The van der Waals surface area contributed by atoms with Gasteiger partial charge in [-0.3, -0.25) is 10.1 Å². The first-order valence-electron chi connectivity index (χ1n) is 11.3. The van der Waals surface area contributed by atoms with Gasteiger partial charge in [0.2, 0.25) is 11.8 Å². The van der Waals surface area contributed by atoms with E-state index in [-0.39, 0.29) is 5.11 Å². The number of hydrogen-bond acceptors (Lipinski definition) is 6. The van der Waals surface area contributed by atoms with Crippen molar-refractivity contribution in [3.8, 4) is 28.5 Å². The molecular formula is C28H19Cl2N3O4S. The highest BCUT2D eigenvalue weighted by molar-refractivity contribution is 7.80. The van der Waals surface area contributed by atoms with E-state index in [2.05, 4.69) is 15.6 Å². The van der Waals surface area contributed by atoms with Crippen LogP contribution in [0.15, 0.2) is 87.7 Å². The van der Waals surface area contributed by atoms with E-state index in [9.17, 15) is 4.79 Å². The van der Waals surface area contributed by atoms with Crippen molar-refractivity contribution in [1.82, 2.24) is 10.3 Å². The van der Waals surface area contributed by atoms with Gasteiger partial charge in [-0.2, -0.15) is 0 Å². The Labute approximate surface area is 233 Å². The number of ether oxygens (including phenoxy) is 1.